The Kier molecular flexibility index (Phi) is 4.16. The fraction of sp³-hybridized carbons (Fsp3) is 0.0714. The second-order valence-electron chi connectivity index (χ2n) is 4.05. The Bertz CT molecular complexity index is 599. The number of nitrogen functional groups attached to an aromatic ring is 1. The maximum atomic E-state index is 13.5. The molecule has 2 rings (SSSR count). The average Bonchev–Trinajstić information content (AvgIpc) is 2.40. The SMILES string of the molecule is Nc1ccc(CNC(=O)c2cc(Br)ccc2F)cc1. The molecule has 0 radical (unpaired) electrons. The van der Waals surface area contributed by atoms with Gasteiger partial charge < -0.3 is 11.1 Å². The Labute approximate surface area is 118 Å². The van der Waals surface area contributed by atoms with Gasteiger partial charge in [0, 0.05) is 16.7 Å². The Morgan fingerprint density at radius 1 is 1.21 bits per heavy atom. The van der Waals surface area contributed by atoms with Gasteiger partial charge in [0.05, 0.1) is 5.56 Å². The van der Waals surface area contributed by atoms with E-state index in [0.717, 1.165) is 5.56 Å². The molecule has 0 bridgehead atoms. The topological polar surface area (TPSA) is 55.1 Å². The summed E-state index contributed by atoms with van der Waals surface area (Å²) in [6, 6.07) is 11.4. The second-order valence-corrected chi connectivity index (χ2v) is 4.96. The third-order valence-electron chi connectivity index (χ3n) is 2.61. The van der Waals surface area contributed by atoms with Crippen molar-refractivity contribution in [1.82, 2.24) is 5.32 Å². The number of anilines is 1. The molecule has 3 nitrogen and oxygen atoms in total. The summed E-state index contributed by atoms with van der Waals surface area (Å²) < 4.78 is 14.2. The van der Waals surface area contributed by atoms with Crippen LogP contribution in [0.2, 0.25) is 0 Å². The molecule has 0 saturated heterocycles. The van der Waals surface area contributed by atoms with Crippen LogP contribution in [0.3, 0.4) is 0 Å². The zero-order chi connectivity index (χ0) is 13.8. The molecule has 2 aromatic carbocycles. The summed E-state index contributed by atoms with van der Waals surface area (Å²) in [7, 11) is 0. The van der Waals surface area contributed by atoms with Crippen LogP contribution in [-0.4, -0.2) is 5.91 Å². The van der Waals surface area contributed by atoms with E-state index in [-0.39, 0.29) is 5.56 Å². The first kappa shape index (κ1) is 13.5. The fourth-order valence-electron chi connectivity index (χ4n) is 1.58. The van der Waals surface area contributed by atoms with Crippen LogP contribution in [0, 0.1) is 5.82 Å². The van der Waals surface area contributed by atoms with E-state index >= 15 is 0 Å². The van der Waals surface area contributed by atoms with Crippen molar-refractivity contribution in [2.24, 2.45) is 0 Å². The minimum Gasteiger partial charge on any atom is -0.399 e. The van der Waals surface area contributed by atoms with Crippen molar-refractivity contribution in [3.8, 4) is 0 Å². The maximum absolute atomic E-state index is 13.5. The average molecular weight is 323 g/mol. The third-order valence-corrected chi connectivity index (χ3v) is 3.10. The number of amides is 1. The number of benzene rings is 2. The predicted molar refractivity (Wildman–Crippen MR) is 76.1 cm³/mol. The van der Waals surface area contributed by atoms with Gasteiger partial charge in [0.2, 0.25) is 0 Å². The standard InChI is InChI=1S/C14H12BrFN2O/c15-10-3-6-13(16)12(7-10)14(19)18-8-9-1-4-11(17)5-2-9/h1-7H,8,17H2,(H,18,19). The Balaban J connectivity index is 2.05. The summed E-state index contributed by atoms with van der Waals surface area (Å²) in [4.78, 5) is 11.9. The van der Waals surface area contributed by atoms with Crippen LogP contribution in [-0.2, 0) is 6.54 Å². The highest BCUT2D eigenvalue weighted by atomic mass is 79.9. The molecule has 5 heteroatoms. The van der Waals surface area contributed by atoms with Gasteiger partial charge in [0.25, 0.3) is 5.91 Å². The van der Waals surface area contributed by atoms with Crippen molar-refractivity contribution in [1.29, 1.82) is 0 Å². The first-order chi connectivity index (χ1) is 9.06. The van der Waals surface area contributed by atoms with Gasteiger partial charge in [-0.3, -0.25) is 4.79 Å². The van der Waals surface area contributed by atoms with Crippen LogP contribution >= 0.6 is 15.9 Å². The molecule has 0 aliphatic rings. The van der Waals surface area contributed by atoms with Crippen LogP contribution in [0.1, 0.15) is 15.9 Å². The highest BCUT2D eigenvalue weighted by molar-refractivity contribution is 9.10. The molecule has 0 atom stereocenters. The lowest BCUT2D eigenvalue weighted by atomic mass is 10.1. The molecule has 0 saturated carbocycles. The minimum absolute atomic E-state index is 0.0184. The molecule has 98 valence electrons. The molecule has 0 aromatic heterocycles. The van der Waals surface area contributed by atoms with Crippen LogP contribution in [0.5, 0.6) is 0 Å². The predicted octanol–water partition coefficient (Wildman–Crippen LogP) is 3.10. The number of halogens is 2. The summed E-state index contributed by atoms with van der Waals surface area (Å²) in [5.41, 5.74) is 7.15. The van der Waals surface area contributed by atoms with E-state index in [1.54, 1.807) is 18.2 Å². The largest absolute Gasteiger partial charge is 0.399 e. The molecule has 0 fully saturated rings. The number of hydrogen-bond acceptors (Lipinski definition) is 2. The molecule has 0 unspecified atom stereocenters. The highest BCUT2D eigenvalue weighted by Crippen LogP contribution is 2.15. The molecule has 0 spiro atoms. The molecule has 3 N–H and O–H groups in total. The monoisotopic (exact) mass is 322 g/mol. The van der Waals surface area contributed by atoms with Crippen molar-refractivity contribution in [2.45, 2.75) is 6.54 Å². The number of hydrogen-bond donors (Lipinski definition) is 2. The number of carbonyl (C=O) groups is 1. The highest BCUT2D eigenvalue weighted by Gasteiger charge is 2.11. The van der Waals surface area contributed by atoms with Crippen molar-refractivity contribution >= 4 is 27.5 Å². The van der Waals surface area contributed by atoms with E-state index in [1.165, 1.54) is 12.1 Å². The van der Waals surface area contributed by atoms with Crippen molar-refractivity contribution in [3.63, 3.8) is 0 Å². The van der Waals surface area contributed by atoms with Crippen LogP contribution in [0.15, 0.2) is 46.9 Å². The van der Waals surface area contributed by atoms with Gasteiger partial charge in [-0.25, -0.2) is 4.39 Å². The first-order valence-corrected chi connectivity index (χ1v) is 6.43. The molecule has 0 aliphatic carbocycles. The van der Waals surface area contributed by atoms with Crippen molar-refractivity contribution in [2.75, 3.05) is 5.73 Å². The van der Waals surface area contributed by atoms with Crippen LogP contribution in [0.4, 0.5) is 10.1 Å². The van der Waals surface area contributed by atoms with Gasteiger partial charge in [0.15, 0.2) is 0 Å². The maximum Gasteiger partial charge on any atom is 0.254 e. The smallest absolute Gasteiger partial charge is 0.254 e. The van der Waals surface area contributed by atoms with Gasteiger partial charge in [0.1, 0.15) is 5.82 Å². The molecular weight excluding hydrogens is 311 g/mol. The fourth-order valence-corrected chi connectivity index (χ4v) is 1.95. The van der Waals surface area contributed by atoms with Crippen molar-refractivity contribution in [3.05, 3.63) is 63.9 Å². The van der Waals surface area contributed by atoms with Gasteiger partial charge in [-0.2, -0.15) is 0 Å². The van der Waals surface area contributed by atoms with Crippen LogP contribution in [0.25, 0.3) is 0 Å². The summed E-state index contributed by atoms with van der Waals surface area (Å²) >= 11 is 3.21. The summed E-state index contributed by atoms with van der Waals surface area (Å²) in [6.07, 6.45) is 0. The first-order valence-electron chi connectivity index (χ1n) is 5.64. The summed E-state index contributed by atoms with van der Waals surface area (Å²) in [5, 5.41) is 2.66. The van der Waals surface area contributed by atoms with E-state index in [1.807, 2.05) is 12.1 Å². The van der Waals surface area contributed by atoms with E-state index in [2.05, 4.69) is 21.2 Å². The molecule has 1 amide bonds. The zero-order valence-corrected chi connectivity index (χ0v) is 11.6. The molecule has 2 aromatic rings. The molecule has 0 heterocycles. The summed E-state index contributed by atoms with van der Waals surface area (Å²) in [6.45, 7) is 0.324. The van der Waals surface area contributed by atoms with Gasteiger partial charge in [-0.05, 0) is 35.9 Å². The lowest BCUT2D eigenvalue weighted by Gasteiger charge is -2.07. The Hall–Kier alpha value is -1.88. The lowest BCUT2D eigenvalue weighted by molar-refractivity contribution is 0.0947. The van der Waals surface area contributed by atoms with Gasteiger partial charge in [-0.15, -0.1) is 0 Å². The molecule has 19 heavy (non-hydrogen) atoms. The van der Waals surface area contributed by atoms with E-state index in [0.29, 0.717) is 16.7 Å². The number of nitrogens with one attached hydrogen (secondary N) is 1. The summed E-state index contributed by atoms with van der Waals surface area (Å²) in [5.74, 6) is -0.992. The number of carbonyl (C=O) groups excluding carboxylic acids is 1. The van der Waals surface area contributed by atoms with E-state index in [9.17, 15) is 9.18 Å². The minimum atomic E-state index is -0.544. The lowest BCUT2D eigenvalue weighted by Crippen LogP contribution is -2.23. The number of rotatable bonds is 3. The third kappa shape index (κ3) is 3.54. The quantitative estimate of drug-likeness (QED) is 0.853. The zero-order valence-electron chi connectivity index (χ0n) is 9.99. The van der Waals surface area contributed by atoms with Gasteiger partial charge in [-0.1, -0.05) is 28.1 Å². The number of nitrogens with two attached hydrogens (primary N) is 1. The van der Waals surface area contributed by atoms with Gasteiger partial charge >= 0.3 is 0 Å². The second kappa shape index (κ2) is 5.84. The van der Waals surface area contributed by atoms with Crippen molar-refractivity contribution < 1.29 is 9.18 Å². The normalized spacial score (nSPS) is 10.2. The Morgan fingerprint density at radius 2 is 1.89 bits per heavy atom. The van der Waals surface area contributed by atoms with E-state index in [4.69, 9.17) is 5.73 Å². The molecule has 0 aliphatic heterocycles. The van der Waals surface area contributed by atoms with Crippen LogP contribution < -0.4 is 11.1 Å². The van der Waals surface area contributed by atoms with E-state index < -0.39 is 11.7 Å². The Morgan fingerprint density at radius 3 is 2.58 bits per heavy atom. The molecular formula is C14H12BrFN2O.